The summed E-state index contributed by atoms with van der Waals surface area (Å²) in [7, 11) is 0. The number of carbonyl (C=O) groups excluding carboxylic acids is 3. The molecule has 5 aliphatic rings. The highest BCUT2D eigenvalue weighted by molar-refractivity contribution is 6.30. The summed E-state index contributed by atoms with van der Waals surface area (Å²) in [5.41, 5.74) is 2.11. The van der Waals surface area contributed by atoms with E-state index >= 15 is 0 Å². The predicted octanol–water partition coefficient (Wildman–Crippen LogP) is 9.67. The average Bonchev–Trinajstić information content (AvgIpc) is 3.64. The predicted molar refractivity (Wildman–Crippen MR) is 198 cm³/mol. The van der Waals surface area contributed by atoms with E-state index in [1.165, 1.54) is 5.57 Å². The van der Waals surface area contributed by atoms with Crippen LogP contribution in [0.3, 0.4) is 0 Å². The van der Waals surface area contributed by atoms with Crippen LogP contribution in [-0.2, 0) is 19.1 Å². The van der Waals surface area contributed by atoms with E-state index in [4.69, 9.17) is 20.8 Å². The van der Waals surface area contributed by atoms with Crippen LogP contribution < -0.4 is 5.32 Å². The number of hydrogen-bond donors (Lipinski definition) is 1. The summed E-state index contributed by atoms with van der Waals surface area (Å²) in [6.07, 6.45) is 9.43. The van der Waals surface area contributed by atoms with Crippen LogP contribution in [0.2, 0.25) is 5.02 Å². The van der Waals surface area contributed by atoms with E-state index in [0.29, 0.717) is 35.2 Å². The lowest BCUT2D eigenvalue weighted by Gasteiger charge is -2.71. The van der Waals surface area contributed by atoms with E-state index in [9.17, 15) is 14.4 Å². The van der Waals surface area contributed by atoms with Gasteiger partial charge >= 0.3 is 12.0 Å². The Kier molecular flexibility index (Phi) is 8.95. The van der Waals surface area contributed by atoms with E-state index in [2.05, 4.69) is 57.1 Å². The van der Waals surface area contributed by atoms with E-state index in [0.717, 1.165) is 68.8 Å². The van der Waals surface area contributed by atoms with Gasteiger partial charge in [0, 0.05) is 22.4 Å². The Morgan fingerprint density at radius 2 is 1.76 bits per heavy atom. The number of rotatable bonds is 8. The normalized spacial score (nSPS) is 37.7. The van der Waals surface area contributed by atoms with Gasteiger partial charge in [-0.05, 0) is 133 Å². The standard InChI is InChI=1S/C42H56ClN3O5/c1-24(2)34-30(48)21-42(44-37-46-45-36(51-37)26-9-11-27(43)12-10-26)20-19-40(7)29(35(34)42)13-14-32-39(6)17-16-31(50-33(49)22-38(4,5)23-47)25(3)28(39)15-18-41(32,40)8/h9-12,23-25,28-29,31-32H,13-22H2,1-8H3,(H,44,46)/t25?,28?,29?,31?,32?,39?,40-,41?,42?/m1/s1. The molecular weight excluding hydrogens is 662 g/mol. The molecule has 2 aromatic rings. The molecule has 0 aliphatic heterocycles. The maximum absolute atomic E-state index is 14.0. The molecule has 9 heteroatoms. The van der Waals surface area contributed by atoms with E-state index < -0.39 is 11.0 Å². The number of aldehydes is 1. The lowest BCUT2D eigenvalue weighted by atomic mass is 9.34. The summed E-state index contributed by atoms with van der Waals surface area (Å²) >= 11 is 6.12. The van der Waals surface area contributed by atoms with E-state index in [-0.39, 0.29) is 58.3 Å². The van der Waals surface area contributed by atoms with Gasteiger partial charge < -0.3 is 19.3 Å². The largest absolute Gasteiger partial charge is 0.462 e. The number of Topliss-reactive ketones (excluding diaryl/α,β-unsaturated/α-hetero) is 1. The Labute approximate surface area is 308 Å². The highest BCUT2D eigenvalue weighted by Crippen LogP contribution is 2.75. The van der Waals surface area contributed by atoms with Crippen molar-refractivity contribution in [2.75, 3.05) is 5.32 Å². The van der Waals surface area contributed by atoms with Crippen molar-refractivity contribution in [1.29, 1.82) is 0 Å². The Hall–Kier alpha value is -3.00. The number of ketones is 1. The summed E-state index contributed by atoms with van der Waals surface area (Å²) < 4.78 is 12.3. The second-order valence-corrected chi connectivity index (χ2v) is 19.0. The Morgan fingerprint density at radius 3 is 2.45 bits per heavy atom. The molecule has 9 atom stereocenters. The minimum Gasteiger partial charge on any atom is -0.462 e. The molecule has 276 valence electrons. The topological polar surface area (TPSA) is 111 Å². The van der Waals surface area contributed by atoms with Gasteiger partial charge in [-0.15, -0.1) is 5.10 Å². The van der Waals surface area contributed by atoms with Crippen molar-refractivity contribution < 1.29 is 23.5 Å². The number of fused-ring (bicyclic) bond motifs is 7. The Balaban J connectivity index is 1.17. The van der Waals surface area contributed by atoms with Gasteiger partial charge in [0.15, 0.2) is 5.78 Å². The maximum atomic E-state index is 14.0. The van der Waals surface area contributed by atoms with Crippen molar-refractivity contribution in [3.8, 4) is 11.5 Å². The van der Waals surface area contributed by atoms with Crippen molar-refractivity contribution in [3.63, 3.8) is 0 Å². The molecule has 1 aromatic heterocycles. The van der Waals surface area contributed by atoms with Crippen molar-refractivity contribution in [1.82, 2.24) is 10.2 Å². The van der Waals surface area contributed by atoms with Crippen LogP contribution in [0.1, 0.15) is 120 Å². The van der Waals surface area contributed by atoms with Gasteiger partial charge in [-0.1, -0.05) is 72.1 Å². The molecule has 1 N–H and O–H groups in total. The van der Waals surface area contributed by atoms with Crippen LogP contribution in [0, 0.1) is 51.2 Å². The fourth-order valence-electron chi connectivity index (χ4n) is 12.3. The molecule has 0 saturated heterocycles. The third-order valence-corrected chi connectivity index (χ3v) is 15.3. The second kappa shape index (κ2) is 12.6. The first kappa shape index (κ1) is 36.4. The van der Waals surface area contributed by atoms with Crippen LogP contribution in [-0.4, -0.2) is 39.9 Å². The van der Waals surface area contributed by atoms with Crippen LogP contribution in [0.15, 0.2) is 39.8 Å². The van der Waals surface area contributed by atoms with Gasteiger partial charge in [0.05, 0.1) is 12.0 Å². The van der Waals surface area contributed by atoms with Gasteiger partial charge in [-0.25, -0.2) is 0 Å². The lowest BCUT2D eigenvalue weighted by Crippen LogP contribution is -2.65. The fraction of sp³-hybridized carbons (Fsp3) is 0.690. The zero-order valence-corrected chi connectivity index (χ0v) is 32.5. The number of allylic oxidation sites excluding steroid dienone is 1. The highest BCUT2D eigenvalue weighted by Gasteiger charge is 2.69. The van der Waals surface area contributed by atoms with Crippen molar-refractivity contribution in [2.24, 2.45) is 51.2 Å². The summed E-state index contributed by atoms with van der Waals surface area (Å²) in [6.45, 7) is 17.9. The number of nitrogens with zero attached hydrogens (tertiary/aromatic N) is 2. The highest BCUT2D eigenvalue weighted by atomic mass is 35.5. The van der Waals surface area contributed by atoms with Crippen LogP contribution >= 0.6 is 11.6 Å². The Morgan fingerprint density at radius 1 is 1.04 bits per heavy atom. The molecule has 4 fully saturated rings. The molecule has 1 aromatic carbocycles. The molecule has 8 nitrogen and oxygen atoms in total. The quantitative estimate of drug-likeness (QED) is 0.212. The average molecular weight is 718 g/mol. The minimum absolute atomic E-state index is 0.0193. The molecule has 5 aliphatic carbocycles. The minimum atomic E-state index is -0.710. The second-order valence-electron chi connectivity index (χ2n) is 18.6. The summed E-state index contributed by atoms with van der Waals surface area (Å²) in [6, 6.07) is 7.72. The van der Waals surface area contributed by atoms with Gasteiger partial charge in [0.1, 0.15) is 12.4 Å². The third-order valence-electron chi connectivity index (χ3n) is 15.0. The molecule has 7 rings (SSSR count). The summed E-state index contributed by atoms with van der Waals surface area (Å²) in [4.78, 5) is 38.4. The number of ether oxygens (including phenoxy) is 1. The third kappa shape index (κ3) is 5.72. The van der Waals surface area contributed by atoms with Crippen LogP contribution in [0.5, 0.6) is 0 Å². The summed E-state index contributed by atoms with van der Waals surface area (Å²) in [5, 5.41) is 13.1. The van der Waals surface area contributed by atoms with E-state index in [1.54, 1.807) is 13.8 Å². The van der Waals surface area contributed by atoms with Crippen LogP contribution in [0.25, 0.3) is 11.5 Å². The lowest BCUT2D eigenvalue weighted by molar-refractivity contribution is -0.213. The first-order valence-electron chi connectivity index (χ1n) is 19.3. The maximum Gasteiger partial charge on any atom is 0.316 e. The molecule has 0 spiro atoms. The van der Waals surface area contributed by atoms with Crippen LogP contribution in [0.4, 0.5) is 6.01 Å². The zero-order valence-electron chi connectivity index (χ0n) is 31.7. The monoisotopic (exact) mass is 717 g/mol. The van der Waals surface area contributed by atoms with Gasteiger partial charge in [-0.3, -0.25) is 9.59 Å². The molecular formula is C42H56ClN3O5. The number of benzene rings is 1. The first-order valence-corrected chi connectivity index (χ1v) is 19.7. The van der Waals surface area contributed by atoms with E-state index in [1.807, 2.05) is 24.3 Å². The first-order chi connectivity index (χ1) is 24.0. The summed E-state index contributed by atoms with van der Waals surface area (Å²) in [5.74, 6) is 2.08. The number of carbonyl (C=O) groups is 3. The number of esters is 1. The molecule has 4 saturated carbocycles. The number of halogens is 1. The molecule has 0 bridgehead atoms. The van der Waals surface area contributed by atoms with Gasteiger partial charge in [0.25, 0.3) is 0 Å². The number of hydrogen-bond acceptors (Lipinski definition) is 8. The molecule has 0 radical (unpaired) electrons. The number of aromatic nitrogens is 2. The molecule has 0 amide bonds. The van der Waals surface area contributed by atoms with Crippen molar-refractivity contribution in [3.05, 3.63) is 40.4 Å². The van der Waals surface area contributed by atoms with Gasteiger partial charge in [-0.2, -0.15) is 0 Å². The molecule has 8 unspecified atom stereocenters. The fourth-order valence-corrected chi connectivity index (χ4v) is 12.4. The van der Waals surface area contributed by atoms with Gasteiger partial charge in [0.2, 0.25) is 5.89 Å². The zero-order chi connectivity index (χ0) is 36.7. The van der Waals surface area contributed by atoms with Crippen molar-refractivity contribution in [2.45, 2.75) is 131 Å². The molecule has 1 heterocycles. The number of anilines is 1. The van der Waals surface area contributed by atoms with Crippen molar-refractivity contribution >= 4 is 35.7 Å². The number of nitrogens with one attached hydrogen (secondary N) is 1. The molecule has 51 heavy (non-hydrogen) atoms. The Bertz CT molecular complexity index is 1750. The SMILES string of the molecule is CC(C)C1=C2C3CCC4C5(C)CCC(OC(=O)CC(C)(C)C=O)C(C)C5CCC4(C)[C@]3(C)CCC2(Nc2nnc(-c3ccc(Cl)cc3)o2)CC1=O. The smallest absolute Gasteiger partial charge is 0.316 e.